The van der Waals surface area contributed by atoms with E-state index in [1.54, 1.807) is 4.90 Å². The molecule has 0 bridgehead atoms. The van der Waals surface area contributed by atoms with Gasteiger partial charge in [0.2, 0.25) is 10.0 Å². The zero-order chi connectivity index (χ0) is 23.1. The van der Waals surface area contributed by atoms with E-state index in [0.717, 1.165) is 39.0 Å². The van der Waals surface area contributed by atoms with Gasteiger partial charge in [0.25, 0.3) is 5.91 Å². The molecule has 0 saturated carbocycles. The monoisotopic (exact) mass is 468 g/mol. The molecule has 2 aromatic rings. The highest BCUT2D eigenvalue weighted by molar-refractivity contribution is 7.89. The summed E-state index contributed by atoms with van der Waals surface area (Å²) < 4.78 is 66.8. The summed E-state index contributed by atoms with van der Waals surface area (Å²) in [5.41, 5.74) is 0.878. The number of benzene rings is 2. The topological polar surface area (TPSA) is 62.1 Å². The fourth-order valence-electron chi connectivity index (χ4n) is 4.53. The first-order chi connectivity index (χ1) is 15.1. The Hall–Kier alpha value is -2.43. The zero-order valence-corrected chi connectivity index (χ0v) is 18.4. The summed E-state index contributed by atoms with van der Waals surface area (Å²) in [6.07, 6.45) is -3.96. The number of para-hydroxylation sites is 1. The molecule has 1 N–H and O–H groups in total. The Morgan fingerprint density at radius 1 is 1.06 bits per heavy atom. The Morgan fingerprint density at radius 2 is 1.69 bits per heavy atom. The van der Waals surface area contributed by atoms with Crippen molar-refractivity contribution >= 4 is 21.6 Å². The zero-order valence-electron chi connectivity index (χ0n) is 17.6. The highest BCUT2D eigenvalue weighted by Crippen LogP contribution is 2.35. The molecule has 1 saturated heterocycles. The van der Waals surface area contributed by atoms with E-state index in [1.807, 2.05) is 31.2 Å². The molecular weight excluding hydrogens is 443 g/mol. The number of alkyl halides is 3. The third kappa shape index (κ3) is 4.26. The molecule has 10 heteroatoms. The molecule has 0 aromatic heterocycles. The Bertz CT molecular complexity index is 1110. The molecular formula is C22H25F3N3O3S+. The van der Waals surface area contributed by atoms with Gasteiger partial charge in [0.1, 0.15) is 0 Å². The van der Waals surface area contributed by atoms with Gasteiger partial charge < -0.3 is 9.80 Å². The van der Waals surface area contributed by atoms with E-state index in [-0.39, 0.29) is 31.6 Å². The summed E-state index contributed by atoms with van der Waals surface area (Å²) in [5, 5.41) is 0. The number of amides is 1. The average molecular weight is 469 g/mol. The van der Waals surface area contributed by atoms with Crippen molar-refractivity contribution in [3.63, 3.8) is 0 Å². The number of piperazine rings is 1. The third-order valence-corrected chi connectivity index (χ3v) is 8.07. The molecule has 2 heterocycles. The van der Waals surface area contributed by atoms with E-state index in [9.17, 15) is 26.4 Å². The van der Waals surface area contributed by atoms with Crippen molar-refractivity contribution in [2.75, 3.05) is 37.6 Å². The van der Waals surface area contributed by atoms with Crippen LogP contribution in [0.2, 0.25) is 0 Å². The van der Waals surface area contributed by atoms with Gasteiger partial charge in [0.15, 0.2) is 6.54 Å². The SMILES string of the molecule is C[C@@H]1Cc2ccccc2N1C(=O)C[NH+]1CCN(S(=O)(=O)c2ccccc2C(F)(F)F)CC1. The highest BCUT2D eigenvalue weighted by atomic mass is 32.2. The molecule has 2 aromatic carbocycles. The quantitative estimate of drug-likeness (QED) is 0.741. The van der Waals surface area contributed by atoms with Crippen LogP contribution in [0.25, 0.3) is 0 Å². The van der Waals surface area contributed by atoms with Crippen molar-refractivity contribution in [2.24, 2.45) is 0 Å². The summed E-state index contributed by atoms with van der Waals surface area (Å²) in [4.78, 5) is 15.0. The van der Waals surface area contributed by atoms with E-state index in [0.29, 0.717) is 13.1 Å². The van der Waals surface area contributed by atoms with Gasteiger partial charge in [-0.3, -0.25) is 4.79 Å². The molecule has 6 nitrogen and oxygen atoms in total. The minimum absolute atomic E-state index is 0.0313. The Kier molecular flexibility index (Phi) is 6.04. The van der Waals surface area contributed by atoms with Gasteiger partial charge in [0.05, 0.1) is 36.6 Å². The highest BCUT2D eigenvalue weighted by Gasteiger charge is 2.40. The maximum Gasteiger partial charge on any atom is 0.417 e. The molecule has 2 aliphatic heterocycles. The summed E-state index contributed by atoms with van der Waals surface area (Å²) in [6.45, 7) is 3.03. The molecule has 172 valence electrons. The normalized spacial score (nSPS) is 20.4. The van der Waals surface area contributed by atoms with Crippen molar-refractivity contribution in [2.45, 2.75) is 30.5 Å². The van der Waals surface area contributed by atoms with Gasteiger partial charge in [-0.1, -0.05) is 30.3 Å². The van der Waals surface area contributed by atoms with Gasteiger partial charge >= 0.3 is 6.18 Å². The van der Waals surface area contributed by atoms with Crippen LogP contribution in [0.4, 0.5) is 18.9 Å². The number of halogens is 3. The van der Waals surface area contributed by atoms with E-state index >= 15 is 0 Å². The Balaban J connectivity index is 1.42. The number of nitrogens with zero attached hydrogens (tertiary/aromatic N) is 2. The van der Waals surface area contributed by atoms with E-state index < -0.39 is 26.7 Å². The maximum atomic E-state index is 13.3. The molecule has 32 heavy (non-hydrogen) atoms. The predicted molar refractivity (Wildman–Crippen MR) is 113 cm³/mol. The summed E-state index contributed by atoms with van der Waals surface area (Å²) in [7, 11) is -4.29. The summed E-state index contributed by atoms with van der Waals surface area (Å²) in [6, 6.07) is 12.1. The maximum absolute atomic E-state index is 13.3. The van der Waals surface area contributed by atoms with Gasteiger partial charge in [-0.15, -0.1) is 0 Å². The average Bonchev–Trinajstić information content (AvgIpc) is 3.09. The number of nitrogens with one attached hydrogen (secondary N) is 1. The lowest BCUT2D eigenvalue weighted by atomic mass is 10.1. The third-order valence-electron chi connectivity index (χ3n) is 6.12. The van der Waals surface area contributed by atoms with Crippen LogP contribution < -0.4 is 9.80 Å². The van der Waals surface area contributed by atoms with Gasteiger partial charge in [-0.25, -0.2) is 8.42 Å². The van der Waals surface area contributed by atoms with E-state index in [2.05, 4.69) is 0 Å². The number of hydrogen-bond donors (Lipinski definition) is 1. The van der Waals surface area contributed by atoms with Crippen LogP contribution in [0.5, 0.6) is 0 Å². The van der Waals surface area contributed by atoms with Crippen LogP contribution in [0.3, 0.4) is 0 Å². The van der Waals surface area contributed by atoms with Crippen LogP contribution in [-0.2, 0) is 27.4 Å². The number of carbonyl (C=O) groups excluding carboxylic acids is 1. The van der Waals surface area contributed by atoms with Gasteiger partial charge in [-0.05, 0) is 37.1 Å². The van der Waals surface area contributed by atoms with Gasteiger partial charge in [0, 0.05) is 11.7 Å². The second kappa shape index (κ2) is 8.49. The summed E-state index contributed by atoms with van der Waals surface area (Å²) >= 11 is 0. The van der Waals surface area contributed by atoms with Crippen LogP contribution in [0.15, 0.2) is 53.4 Å². The molecule has 2 aliphatic rings. The predicted octanol–water partition coefficient (Wildman–Crippen LogP) is 1.57. The van der Waals surface area contributed by atoms with E-state index in [1.165, 1.54) is 12.1 Å². The number of carbonyl (C=O) groups is 1. The first kappa shape index (κ1) is 22.8. The number of sulfonamides is 1. The molecule has 1 fully saturated rings. The van der Waals surface area contributed by atoms with Crippen molar-refractivity contribution in [3.8, 4) is 0 Å². The molecule has 0 aliphatic carbocycles. The summed E-state index contributed by atoms with van der Waals surface area (Å²) in [5.74, 6) is -0.0313. The minimum atomic E-state index is -4.76. The number of rotatable bonds is 4. The molecule has 0 spiro atoms. The second-order valence-corrected chi connectivity index (χ2v) is 10.2. The lowest BCUT2D eigenvalue weighted by molar-refractivity contribution is -0.895. The standard InChI is InChI=1S/C22H24F3N3O3S/c1-16-14-17-6-2-4-8-19(17)28(16)21(29)15-26-10-12-27(13-11-26)32(30,31)20-9-5-3-7-18(20)22(23,24)25/h2-9,16H,10-15H2,1H3/p+1/t16-/m1/s1. The molecule has 0 unspecified atom stereocenters. The lowest BCUT2D eigenvalue weighted by Crippen LogP contribution is -3.15. The van der Waals surface area contributed by atoms with Crippen molar-refractivity contribution in [1.29, 1.82) is 0 Å². The first-order valence-electron chi connectivity index (χ1n) is 10.5. The second-order valence-electron chi connectivity index (χ2n) is 8.27. The number of fused-ring (bicyclic) bond motifs is 1. The molecule has 0 radical (unpaired) electrons. The van der Waals surface area contributed by atoms with Crippen molar-refractivity contribution in [1.82, 2.24) is 4.31 Å². The molecule has 1 amide bonds. The lowest BCUT2D eigenvalue weighted by Gasteiger charge is -2.33. The van der Waals surface area contributed by atoms with Crippen molar-refractivity contribution in [3.05, 3.63) is 59.7 Å². The fraction of sp³-hybridized carbons (Fsp3) is 0.409. The number of anilines is 1. The first-order valence-corrected chi connectivity index (χ1v) is 11.9. The van der Waals surface area contributed by atoms with Crippen molar-refractivity contribution < 1.29 is 31.3 Å². The smallest absolute Gasteiger partial charge is 0.325 e. The van der Waals surface area contributed by atoms with Crippen LogP contribution >= 0.6 is 0 Å². The molecule has 4 rings (SSSR count). The largest absolute Gasteiger partial charge is 0.417 e. The number of hydrogen-bond acceptors (Lipinski definition) is 3. The fourth-order valence-corrected chi connectivity index (χ4v) is 6.18. The number of quaternary nitrogens is 1. The van der Waals surface area contributed by atoms with Crippen LogP contribution in [0, 0.1) is 0 Å². The Morgan fingerprint density at radius 3 is 2.38 bits per heavy atom. The van der Waals surface area contributed by atoms with Gasteiger partial charge in [-0.2, -0.15) is 17.5 Å². The van der Waals surface area contributed by atoms with Crippen LogP contribution in [-0.4, -0.2) is 57.4 Å². The minimum Gasteiger partial charge on any atom is -0.325 e. The van der Waals surface area contributed by atoms with Crippen LogP contribution in [0.1, 0.15) is 18.1 Å². The van der Waals surface area contributed by atoms with E-state index in [4.69, 9.17) is 0 Å². The molecule has 1 atom stereocenters. The Labute approximate surface area is 185 Å².